The van der Waals surface area contributed by atoms with E-state index < -0.39 is 0 Å². The molecule has 1 saturated carbocycles. The Morgan fingerprint density at radius 1 is 1.32 bits per heavy atom. The van der Waals surface area contributed by atoms with E-state index in [2.05, 4.69) is 22.1 Å². The summed E-state index contributed by atoms with van der Waals surface area (Å²) >= 11 is 0. The van der Waals surface area contributed by atoms with Crippen LogP contribution in [0.2, 0.25) is 0 Å². The lowest BCUT2D eigenvalue weighted by molar-refractivity contribution is 0.125. The number of rotatable bonds is 5. The Kier molecular flexibility index (Phi) is 4.17. The van der Waals surface area contributed by atoms with Gasteiger partial charge in [0.05, 0.1) is 13.7 Å². The smallest absolute Gasteiger partial charge is 0.409 e. The number of carbonyl (C=O) groups is 1. The number of ether oxygens (including phenoxy) is 1. The molecule has 1 aromatic heterocycles. The molecule has 3 atom stereocenters. The number of fused-ring (bicyclic) bond motifs is 1. The summed E-state index contributed by atoms with van der Waals surface area (Å²) in [5, 5.41) is 4.08. The monoisotopic (exact) mass is 342 g/mol. The normalized spacial score (nSPS) is 24.4. The lowest BCUT2D eigenvalue weighted by Crippen LogP contribution is -2.33. The Morgan fingerprint density at radius 2 is 2.04 bits per heavy atom. The number of methoxy groups -OCH3 is 1. The maximum atomic E-state index is 11.5. The van der Waals surface area contributed by atoms with Gasteiger partial charge < -0.3 is 14.2 Å². The van der Waals surface area contributed by atoms with Gasteiger partial charge in [0.15, 0.2) is 5.82 Å². The van der Waals surface area contributed by atoms with E-state index in [1.807, 2.05) is 30.3 Å². The van der Waals surface area contributed by atoms with Crippen molar-refractivity contribution in [1.29, 1.82) is 0 Å². The molecule has 0 spiro atoms. The van der Waals surface area contributed by atoms with Crippen LogP contribution in [0.3, 0.4) is 0 Å². The molecule has 1 aliphatic heterocycles. The van der Waals surface area contributed by atoms with E-state index in [1.165, 1.54) is 7.11 Å². The first kappa shape index (κ1) is 16.1. The number of hydrogen-bond donors (Lipinski definition) is 0. The zero-order chi connectivity index (χ0) is 17.4. The van der Waals surface area contributed by atoms with Gasteiger partial charge in [-0.05, 0) is 36.9 Å². The van der Waals surface area contributed by atoms with Crippen molar-refractivity contribution in [1.82, 2.24) is 19.9 Å². The van der Waals surface area contributed by atoms with Crippen LogP contribution in [-0.4, -0.2) is 59.8 Å². The summed E-state index contributed by atoms with van der Waals surface area (Å²) in [6.45, 7) is 3.28. The Labute approximate surface area is 146 Å². The number of amides is 1. The van der Waals surface area contributed by atoms with Crippen LogP contribution in [0.25, 0.3) is 11.5 Å². The molecule has 0 radical (unpaired) electrons. The van der Waals surface area contributed by atoms with Gasteiger partial charge in [0.1, 0.15) is 0 Å². The summed E-state index contributed by atoms with van der Waals surface area (Å²) in [6, 6.07) is 9.78. The fourth-order valence-corrected chi connectivity index (χ4v) is 3.88. The molecule has 1 aromatic carbocycles. The maximum absolute atomic E-state index is 11.5. The third-order valence-corrected chi connectivity index (χ3v) is 5.23. The van der Waals surface area contributed by atoms with Crippen molar-refractivity contribution < 1.29 is 14.1 Å². The molecule has 4 rings (SSSR count). The minimum Gasteiger partial charge on any atom is -0.453 e. The van der Waals surface area contributed by atoms with E-state index in [-0.39, 0.29) is 6.09 Å². The van der Waals surface area contributed by atoms with E-state index in [0.29, 0.717) is 36.0 Å². The molecule has 0 bridgehead atoms. The molecule has 1 aliphatic carbocycles. The van der Waals surface area contributed by atoms with Crippen molar-refractivity contribution in [2.75, 3.05) is 33.8 Å². The lowest BCUT2D eigenvalue weighted by atomic mass is 10.2. The highest BCUT2D eigenvalue weighted by molar-refractivity contribution is 5.68. The molecular weight excluding hydrogens is 320 g/mol. The van der Waals surface area contributed by atoms with Crippen LogP contribution in [0.1, 0.15) is 5.82 Å². The highest BCUT2D eigenvalue weighted by Gasteiger charge is 2.56. The van der Waals surface area contributed by atoms with E-state index >= 15 is 0 Å². The zero-order valence-electron chi connectivity index (χ0n) is 14.5. The summed E-state index contributed by atoms with van der Waals surface area (Å²) < 4.78 is 10.1. The molecule has 1 unspecified atom stereocenters. The zero-order valence-corrected chi connectivity index (χ0v) is 14.5. The molecule has 7 nitrogen and oxygen atoms in total. The second-order valence-electron chi connectivity index (χ2n) is 6.95. The molecule has 2 aliphatic rings. The fourth-order valence-electron chi connectivity index (χ4n) is 3.88. The van der Waals surface area contributed by atoms with Crippen LogP contribution >= 0.6 is 0 Å². The standard InChI is InChI=1S/C18H22N4O3/c1-21(8-13-14-9-22(10-15(13)14)18(23)24-2)11-16-19-17(25-20-16)12-6-4-3-5-7-12/h3-7,13-15H,8-11H2,1-2H3/t13?,14-,15+. The van der Waals surface area contributed by atoms with Crippen LogP contribution in [0.5, 0.6) is 0 Å². The quantitative estimate of drug-likeness (QED) is 0.829. The molecular formula is C18H22N4O3. The Morgan fingerprint density at radius 3 is 2.72 bits per heavy atom. The van der Waals surface area contributed by atoms with Gasteiger partial charge >= 0.3 is 6.09 Å². The molecule has 2 heterocycles. The number of carbonyl (C=O) groups excluding carboxylic acids is 1. The lowest BCUT2D eigenvalue weighted by Gasteiger charge is -2.20. The SMILES string of the molecule is COC(=O)N1C[C@@H]2C(CN(C)Cc3noc(-c4ccccc4)n3)[C@@H]2C1. The molecule has 1 saturated heterocycles. The van der Waals surface area contributed by atoms with Crippen LogP contribution in [0.15, 0.2) is 34.9 Å². The van der Waals surface area contributed by atoms with E-state index in [0.717, 1.165) is 25.2 Å². The van der Waals surface area contributed by atoms with Gasteiger partial charge in [-0.1, -0.05) is 23.4 Å². The minimum atomic E-state index is -0.209. The Bertz CT molecular complexity index is 736. The summed E-state index contributed by atoms with van der Waals surface area (Å²) in [5.74, 6) is 3.11. The van der Waals surface area contributed by atoms with Crippen molar-refractivity contribution >= 4 is 6.09 Å². The third kappa shape index (κ3) is 3.24. The third-order valence-electron chi connectivity index (χ3n) is 5.23. The largest absolute Gasteiger partial charge is 0.453 e. The molecule has 2 fully saturated rings. The molecule has 0 N–H and O–H groups in total. The van der Waals surface area contributed by atoms with Gasteiger partial charge in [-0.15, -0.1) is 0 Å². The molecule has 2 aromatic rings. The second kappa shape index (κ2) is 6.48. The predicted octanol–water partition coefficient (Wildman–Crippen LogP) is 2.11. The first-order chi connectivity index (χ1) is 12.2. The van der Waals surface area contributed by atoms with Gasteiger partial charge in [-0.3, -0.25) is 4.90 Å². The number of aromatic nitrogens is 2. The predicted molar refractivity (Wildman–Crippen MR) is 90.5 cm³/mol. The maximum Gasteiger partial charge on any atom is 0.409 e. The van der Waals surface area contributed by atoms with Crippen LogP contribution in [0.4, 0.5) is 4.79 Å². The summed E-state index contributed by atoms with van der Waals surface area (Å²) in [5.41, 5.74) is 0.934. The molecule has 25 heavy (non-hydrogen) atoms. The molecule has 1 amide bonds. The average molecular weight is 342 g/mol. The number of hydrogen-bond acceptors (Lipinski definition) is 6. The Hall–Kier alpha value is -2.41. The highest BCUT2D eigenvalue weighted by atomic mass is 16.5. The van der Waals surface area contributed by atoms with Gasteiger partial charge in [-0.25, -0.2) is 4.79 Å². The van der Waals surface area contributed by atoms with Crippen LogP contribution in [-0.2, 0) is 11.3 Å². The molecule has 7 heteroatoms. The number of nitrogens with zero attached hydrogens (tertiary/aromatic N) is 4. The van der Waals surface area contributed by atoms with E-state index in [9.17, 15) is 4.79 Å². The number of likely N-dealkylation sites (tertiary alicyclic amines) is 1. The van der Waals surface area contributed by atoms with Crippen molar-refractivity contribution in [2.24, 2.45) is 17.8 Å². The van der Waals surface area contributed by atoms with Crippen molar-refractivity contribution in [3.05, 3.63) is 36.2 Å². The first-order valence-electron chi connectivity index (χ1n) is 8.55. The van der Waals surface area contributed by atoms with Gasteiger partial charge in [0.25, 0.3) is 5.89 Å². The summed E-state index contributed by atoms with van der Waals surface area (Å²) in [6.07, 6.45) is -0.209. The highest BCUT2D eigenvalue weighted by Crippen LogP contribution is 2.52. The van der Waals surface area contributed by atoms with Crippen LogP contribution in [0, 0.1) is 17.8 Å². The van der Waals surface area contributed by atoms with Crippen molar-refractivity contribution in [2.45, 2.75) is 6.54 Å². The summed E-state index contributed by atoms with van der Waals surface area (Å²) in [7, 11) is 3.51. The van der Waals surface area contributed by atoms with E-state index in [4.69, 9.17) is 9.26 Å². The minimum absolute atomic E-state index is 0.209. The first-order valence-corrected chi connectivity index (χ1v) is 8.55. The van der Waals surface area contributed by atoms with Crippen LogP contribution < -0.4 is 0 Å². The van der Waals surface area contributed by atoms with Gasteiger partial charge in [0.2, 0.25) is 0 Å². The average Bonchev–Trinajstić information content (AvgIpc) is 3.03. The van der Waals surface area contributed by atoms with Gasteiger partial charge in [0, 0.05) is 25.2 Å². The number of benzene rings is 1. The van der Waals surface area contributed by atoms with E-state index in [1.54, 1.807) is 4.90 Å². The number of piperidine rings is 1. The fraction of sp³-hybridized carbons (Fsp3) is 0.500. The van der Waals surface area contributed by atoms with Crippen molar-refractivity contribution in [3.8, 4) is 11.5 Å². The second-order valence-corrected chi connectivity index (χ2v) is 6.95. The van der Waals surface area contributed by atoms with Crippen molar-refractivity contribution in [3.63, 3.8) is 0 Å². The van der Waals surface area contributed by atoms with Gasteiger partial charge in [-0.2, -0.15) is 4.98 Å². The summed E-state index contributed by atoms with van der Waals surface area (Å²) in [4.78, 5) is 20.0. The topological polar surface area (TPSA) is 71.7 Å². The Balaban J connectivity index is 1.28. The molecule has 132 valence electrons.